The van der Waals surface area contributed by atoms with Crippen LogP contribution >= 0.6 is 0 Å². The number of benzene rings is 2. The Balaban J connectivity index is 1.01. The zero-order chi connectivity index (χ0) is 73.0. The first-order chi connectivity index (χ1) is 46.5. The largest absolute Gasteiger partial charge is 0.459 e. The van der Waals surface area contributed by atoms with Crippen LogP contribution in [-0.2, 0) is 65.4 Å². The van der Waals surface area contributed by atoms with Crippen molar-refractivity contribution in [2.45, 2.75) is 249 Å². The van der Waals surface area contributed by atoms with Crippen molar-refractivity contribution in [3.63, 3.8) is 0 Å². The molecule has 5 heterocycles. The number of amides is 5. The van der Waals surface area contributed by atoms with Gasteiger partial charge >= 0.3 is 5.97 Å². The van der Waals surface area contributed by atoms with Gasteiger partial charge in [-0.15, -0.1) is 0 Å². The Bertz CT molecular complexity index is 3170. The zero-order valence-electron chi connectivity index (χ0n) is 60.2. The van der Waals surface area contributed by atoms with Gasteiger partial charge in [0.05, 0.1) is 66.2 Å². The molecule has 21 atom stereocenters. The highest BCUT2D eigenvalue weighted by molar-refractivity contribution is 6.08. The van der Waals surface area contributed by atoms with Gasteiger partial charge in [0.1, 0.15) is 42.1 Å². The van der Waals surface area contributed by atoms with Crippen molar-refractivity contribution in [1.29, 1.82) is 0 Å². The van der Waals surface area contributed by atoms with E-state index < -0.39 is 169 Å². The fraction of sp³-hybridized carbons (Fsp3) is 0.685. The second kappa shape index (κ2) is 35.1. The van der Waals surface area contributed by atoms with Crippen LogP contribution in [0.25, 0.3) is 0 Å². The van der Waals surface area contributed by atoms with Gasteiger partial charge in [-0.25, -0.2) is 0 Å². The van der Waals surface area contributed by atoms with Gasteiger partial charge in [-0.05, 0) is 131 Å². The molecule has 26 nitrogen and oxygen atoms in total. The third kappa shape index (κ3) is 20.7. The fourth-order valence-electron chi connectivity index (χ4n) is 14.8. The third-order valence-electron chi connectivity index (χ3n) is 20.3. The van der Waals surface area contributed by atoms with Crippen LogP contribution in [0.1, 0.15) is 161 Å². The van der Waals surface area contributed by atoms with E-state index in [0.717, 1.165) is 0 Å². The quantitative estimate of drug-likeness (QED) is 0.0330. The summed E-state index contributed by atoms with van der Waals surface area (Å²) in [5.74, 6) is -7.15. The molecule has 5 amide bonds. The van der Waals surface area contributed by atoms with Gasteiger partial charge in [0.25, 0.3) is 0 Å². The van der Waals surface area contributed by atoms with Crippen molar-refractivity contribution in [3.05, 3.63) is 95.3 Å². The molecule has 7 rings (SSSR count). The van der Waals surface area contributed by atoms with E-state index in [4.69, 9.17) is 23.7 Å². The molecule has 3 saturated heterocycles. The molecule has 0 radical (unpaired) electrons. The van der Waals surface area contributed by atoms with Gasteiger partial charge in [-0.1, -0.05) is 95.3 Å². The lowest BCUT2D eigenvalue weighted by Gasteiger charge is -2.48. The Morgan fingerprint density at radius 3 is 2.05 bits per heavy atom. The lowest BCUT2D eigenvalue weighted by Crippen LogP contribution is -2.60. The van der Waals surface area contributed by atoms with E-state index in [1.54, 1.807) is 102 Å². The minimum atomic E-state index is -2.05. The number of esters is 1. The Hall–Kier alpha value is -6.27. The number of aliphatic hydroxyl groups is 6. The van der Waals surface area contributed by atoms with Crippen LogP contribution in [0.4, 0.5) is 0 Å². The lowest BCUT2D eigenvalue weighted by molar-refractivity contribution is -0.316. The van der Waals surface area contributed by atoms with Crippen LogP contribution in [0.2, 0.25) is 0 Å². The van der Waals surface area contributed by atoms with Gasteiger partial charge < -0.3 is 90.4 Å². The molecule has 1 aromatic heterocycles. The molecule has 552 valence electrons. The molecule has 3 aromatic rings. The summed E-state index contributed by atoms with van der Waals surface area (Å²) in [6.07, 6.45) is -10.1. The number of ether oxygens (including phenoxy) is 5. The maximum Gasteiger partial charge on any atom is 0.311 e. The van der Waals surface area contributed by atoms with Crippen LogP contribution in [-0.4, -0.2) is 235 Å². The maximum atomic E-state index is 14.7. The fourth-order valence-corrected chi connectivity index (χ4v) is 14.8. The summed E-state index contributed by atoms with van der Waals surface area (Å²) in [6.45, 7) is 20.3. The Morgan fingerprint density at radius 1 is 0.758 bits per heavy atom. The van der Waals surface area contributed by atoms with E-state index in [0.29, 0.717) is 48.3 Å². The Labute approximate surface area is 582 Å². The topological polar surface area (TPSA) is 359 Å². The molecule has 0 aliphatic carbocycles. The number of ketones is 1. The maximum absolute atomic E-state index is 14.7. The van der Waals surface area contributed by atoms with E-state index >= 15 is 0 Å². The van der Waals surface area contributed by atoms with E-state index in [9.17, 15) is 64.2 Å². The molecule has 26 heteroatoms. The minimum Gasteiger partial charge on any atom is -0.459 e. The number of nitrogens with zero attached hydrogens (tertiary/aromatic N) is 3. The second-order valence-corrected chi connectivity index (χ2v) is 29.5. The summed E-state index contributed by atoms with van der Waals surface area (Å²) in [5.41, 5.74) is -3.13. The van der Waals surface area contributed by atoms with Crippen molar-refractivity contribution < 1.29 is 87.9 Å². The summed E-state index contributed by atoms with van der Waals surface area (Å²) in [4.78, 5) is 101. The van der Waals surface area contributed by atoms with Gasteiger partial charge in [0, 0.05) is 68.3 Å². The number of hydrogen-bond donors (Lipinski definition) is 11. The number of carbonyl (C=O) groups excluding carboxylic acids is 7. The summed E-state index contributed by atoms with van der Waals surface area (Å²) < 4.78 is 33.9. The van der Waals surface area contributed by atoms with Crippen LogP contribution in [0.5, 0.6) is 0 Å². The lowest BCUT2D eigenvalue weighted by atomic mass is 9.77. The van der Waals surface area contributed by atoms with Gasteiger partial charge in [-0.3, -0.25) is 38.5 Å². The predicted molar refractivity (Wildman–Crippen MR) is 367 cm³/mol. The summed E-state index contributed by atoms with van der Waals surface area (Å²) in [7, 11) is 3.67. The average molecular weight is 1390 g/mol. The number of nitrogens with one attached hydrogen (secondary N) is 5. The molecule has 2 aromatic carbocycles. The number of aliphatic hydroxyl groups excluding tert-OH is 3. The molecular formula is C73H112N8O18. The number of hydrogen-bond acceptors (Lipinski definition) is 20. The SMILES string of the molecule is CCC1OC(=O)C(C)C(OC2CC(C)(O)C(O)C(C)O2)C(C)C(OC2OC(C)CC(N(C)C)C2O)C(C)(O)CC(C)CN(CCCNC(=O)CNC(=O)C(CC(C)C)NC(=O)C(Cc2ccccc2)NC(=O)CNC(=O)C2CCn3c(C(=O)c4ccccc4)ccc32)C(C)C(O)C1(C)O. The minimum absolute atomic E-state index is 0.0327. The number of carbonyl (C=O) groups is 7. The molecule has 0 bridgehead atoms. The predicted octanol–water partition coefficient (Wildman–Crippen LogP) is 2.83. The first-order valence-electron chi connectivity index (χ1n) is 35.2. The highest BCUT2D eigenvalue weighted by Crippen LogP contribution is 2.40. The van der Waals surface area contributed by atoms with Gasteiger partial charge in [0.2, 0.25) is 35.3 Å². The molecule has 0 spiro atoms. The third-order valence-corrected chi connectivity index (χ3v) is 20.3. The molecule has 0 saturated carbocycles. The smallest absolute Gasteiger partial charge is 0.311 e. The van der Waals surface area contributed by atoms with Crippen molar-refractivity contribution in [2.24, 2.45) is 23.7 Å². The van der Waals surface area contributed by atoms with E-state index in [-0.39, 0.29) is 69.5 Å². The molecular weight excluding hydrogens is 1280 g/mol. The van der Waals surface area contributed by atoms with Crippen molar-refractivity contribution >= 4 is 41.3 Å². The molecule has 4 aliphatic rings. The number of cyclic esters (lactones) is 1. The summed E-state index contributed by atoms with van der Waals surface area (Å²) >= 11 is 0. The Kier molecular flexibility index (Phi) is 28.4. The standard InChI is InChI=1S/C73H112N8O18/c1-15-56-73(12,94)63(86)46(8)80(40-42(4)36-72(11,93)65(99-70-61(85)55(79(13)14)34-43(5)95-70)44(6)62(45(7)69(91)97-56)98-59-37-71(10,92)64(87)47(9)96-59)31-22-30-74-57(82)38-76-67(89)51(33-41(2)3)78-68(90)52(35-48-23-18-16-19-24-48)77-58(83)39-75-66(88)50-29-32-81-53(50)27-28-54(81)60(84)49-25-20-17-21-26-49/h16-21,23-28,41-47,50-52,55-56,59,61-65,70,85-87,92-94H,15,22,29-40H2,1-14H3,(H,74,82)(H,75,88)(H,76,89)(H,77,83)(H,78,90). The highest BCUT2D eigenvalue weighted by atomic mass is 16.7. The number of aromatic nitrogens is 1. The number of fused-ring (bicyclic) bond motifs is 1. The normalized spacial score (nSPS) is 33.3. The molecule has 11 N–H and O–H groups in total. The average Bonchev–Trinajstić information content (AvgIpc) is 1.69. The Morgan fingerprint density at radius 2 is 1.41 bits per heavy atom. The van der Waals surface area contributed by atoms with E-state index in [1.807, 2.05) is 68.3 Å². The van der Waals surface area contributed by atoms with Crippen molar-refractivity contribution in [3.8, 4) is 0 Å². The van der Waals surface area contributed by atoms with Crippen LogP contribution in [0.15, 0.2) is 72.8 Å². The zero-order valence-corrected chi connectivity index (χ0v) is 60.2. The van der Waals surface area contributed by atoms with Crippen LogP contribution < -0.4 is 26.6 Å². The van der Waals surface area contributed by atoms with Gasteiger partial charge in [-0.2, -0.15) is 0 Å². The first-order valence-corrected chi connectivity index (χ1v) is 35.2. The summed E-state index contributed by atoms with van der Waals surface area (Å²) in [6, 6.07) is 17.7. The second-order valence-electron chi connectivity index (χ2n) is 29.5. The number of likely N-dealkylation sites (N-methyl/N-ethyl adjacent to an activating group) is 1. The van der Waals surface area contributed by atoms with Gasteiger partial charge in [0.15, 0.2) is 12.6 Å². The monoisotopic (exact) mass is 1390 g/mol. The van der Waals surface area contributed by atoms with Crippen LogP contribution in [0, 0.1) is 23.7 Å². The molecule has 3 fully saturated rings. The first kappa shape index (κ1) is 80.0. The van der Waals surface area contributed by atoms with Crippen molar-refractivity contribution in [2.75, 3.05) is 46.8 Å². The molecule has 4 aliphatic heterocycles. The number of rotatable bonds is 25. The highest BCUT2D eigenvalue weighted by Gasteiger charge is 2.53. The van der Waals surface area contributed by atoms with E-state index in [2.05, 4.69) is 26.6 Å². The molecule has 21 unspecified atom stereocenters. The summed E-state index contributed by atoms with van der Waals surface area (Å²) in [5, 5.41) is 85.4. The molecule has 99 heavy (non-hydrogen) atoms. The van der Waals surface area contributed by atoms with Crippen LogP contribution in [0.3, 0.4) is 0 Å². The van der Waals surface area contributed by atoms with Crippen molar-refractivity contribution in [1.82, 2.24) is 41.0 Å². The van der Waals surface area contributed by atoms with E-state index in [1.165, 1.54) is 13.8 Å².